The Morgan fingerprint density at radius 3 is 1.85 bits per heavy atom. The molecule has 1 aliphatic heterocycles. The SMILES string of the molecule is C1CC1.CCNC(=O)c1cnc(SC)c([N+](=O)[O-])c1.CC[C@H](C)[C@H](NC(=O)C(Cc1ccc(O)cc1)NC(=O)[C@@H](N)CS)C(=O)NC(CCC(N)=O)C(=O)N[C@@H](CC(N)=O)C(=O)NC(CS)C(=O)N1CCC[C@H]1C(=O)N[C@@H](CC(C)C)C(=O)NCC(N)=O. The van der Waals surface area contributed by atoms with Crippen molar-refractivity contribution in [3.8, 4) is 5.75 Å². The maximum Gasteiger partial charge on any atom is 0.302 e. The van der Waals surface area contributed by atoms with Crippen LogP contribution < -0.4 is 65.5 Å². The van der Waals surface area contributed by atoms with E-state index in [2.05, 4.69) is 72.8 Å². The van der Waals surface area contributed by atoms with Gasteiger partial charge in [-0.1, -0.05) is 65.5 Å². The number of rotatable bonds is 33. The highest BCUT2D eigenvalue weighted by atomic mass is 32.2. The highest BCUT2D eigenvalue weighted by Crippen LogP contribution is 2.26. The van der Waals surface area contributed by atoms with E-state index in [4.69, 9.17) is 22.9 Å². The summed E-state index contributed by atoms with van der Waals surface area (Å²) in [5, 5.41) is 40.8. The number of nitrogens with one attached hydrogen (secondary N) is 8. The second kappa shape index (κ2) is 39.2. The Morgan fingerprint density at radius 1 is 0.739 bits per heavy atom. The van der Waals surface area contributed by atoms with E-state index in [9.17, 15) is 72.8 Å². The first-order chi connectivity index (χ1) is 41.5. The number of aromatic nitrogens is 1. The van der Waals surface area contributed by atoms with Gasteiger partial charge in [0.15, 0.2) is 5.03 Å². The summed E-state index contributed by atoms with van der Waals surface area (Å²) in [6, 6.07) is -3.60. The summed E-state index contributed by atoms with van der Waals surface area (Å²) in [5.74, 6) is -10.8. The predicted octanol–water partition coefficient (Wildman–Crippen LogP) is -1.51. The zero-order valence-corrected chi connectivity index (χ0v) is 52.8. The predicted molar refractivity (Wildman–Crippen MR) is 332 cm³/mol. The summed E-state index contributed by atoms with van der Waals surface area (Å²) in [5.41, 5.74) is 22.4. The van der Waals surface area contributed by atoms with Crippen LogP contribution >= 0.6 is 37.0 Å². The number of primary amides is 3. The minimum atomic E-state index is -1.76. The van der Waals surface area contributed by atoms with Crippen molar-refractivity contribution in [2.45, 2.75) is 159 Å². The van der Waals surface area contributed by atoms with Crippen LogP contribution in [0.5, 0.6) is 5.75 Å². The minimum Gasteiger partial charge on any atom is -0.508 e. The van der Waals surface area contributed by atoms with Crippen molar-refractivity contribution < 1.29 is 67.6 Å². The molecule has 2 aromatic rings. The van der Waals surface area contributed by atoms with Crippen LogP contribution in [0, 0.1) is 22.0 Å². The Labute approximate surface area is 525 Å². The Bertz CT molecular complexity index is 2760. The lowest BCUT2D eigenvalue weighted by Crippen LogP contribution is -2.61. The number of amides is 12. The Morgan fingerprint density at radius 2 is 1.33 bits per heavy atom. The van der Waals surface area contributed by atoms with Gasteiger partial charge in [-0.2, -0.15) is 25.3 Å². The number of nitrogens with zero attached hydrogens (tertiary/aromatic N) is 3. The fraction of sp³-hybridized carbons (Fsp3) is 0.582. The number of thioether (sulfide) groups is 1. The van der Waals surface area contributed by atoms with Crippen molar-refractivity contribution in [2.75, 3.05) is 37.4 Å². The summed E-state index contributed by atoms with van der Waals surface area (Å²) >= 11 is 9.45. The van der Waals surface area contributed by atoms with Gasteiger partial charge in [-0.3, -0.25) is 67.6 Å². The molecule has 3 unspecified atom stereocenters. The second-order valence-corrected chi connectivity index (χ2v) is 22.7. The second-order valence-electron chi connectivity index (χ2n) is 21.1. The van der Waals surface area contributed by atoms with Gasteiger partial charge in [0, 0.05) is 49.7 Å². The van der Waals surface area contributed by atoms with Gasteiger partial charge in [0.1, 0.15) is 48.0 Å². The lowest BCUT2D eigenvalue weighted by Gasteiger charge is -2.30. The average molecular weight is 1290 g/mol. The maximum absolute atomic E-state index is 14.0. The molecule has 1 saturated heterocycles. The lowest BCUT2D eigenvalue weighted by molar-refractivity contribution is -0.388. The lowest BCUT2D eigenvalue weighted by atomic mass is 9.96. The molecular formula is C55H85N15O15S3. The molecule has 1 aliphatic carbocycles. The van der Waals surface area contributed by atoms with Crippen LogP contribution in [0.3, 0.4) is 0 Å². The summed E-state index contributed by atoms with van der Waals surface area (Å²) in [6.45, 7) is 8.86. The highest BCUT2D eigenvalue weighted by molar-refractivity contribution is 7.98. The summed E-state index contributed by atoms with van der Waals surface area (Å²) < 4.78 is 0. The molecule has 12 amide bonds. The third-order valence-electron chi connectivity index (χ3n) is 13.3. The molecule has 1 saturated carbocycles. The smallest absolute Gasteiger partial charge is 0.302 e. The van der Waals surface area contributed by atoms with Crippen molar-refractivity contribution in [3.63, 3.8) is 0 Å². The Kier molecular flexibility index (Phi) is 34.0. The minimum absolute atomic E-state index is 0.0424. The van der Waals surface area contributed by atoms with Crippen LogP contribution in [0.25, 0.3) is 0 Å². The number of aromatic hydroxyl groups is 1. The van der Waals surface area contributed by atoms with Crippen molar-refractivity contribution in [3.05, 3.63) is 57.8 Å². The molecule has 33 heteroatoms. The number of hydrogen-bond acceptors (Lipinski definition) is 20. The highest BCUT2D eigenvalue weighted by Gasteiger charge is 2.40. The van der Waals surface area contributed by atoms with E-state index in [-0.39, 0.29) is 66.1 Å². The molecule has 30 nitrogen and oxygen atoms in total. The van der Waals surface area contributed by atoms with Crippen LogP contribution in [-0.2, 0) is 59.2 Å². The third kappa shape index (κ3) is 27.1. The fourth-order valence-corrected chi connectivity index (χ4v) is 9.15. The number of pyridine rings is 1. The Balaban J connectivity index is 0.00000117. The first-order valence-corrected chi connectivity index (χ1v) is 31.0. The van der Waals surface area contributed by atoms with E-state index in [0.29, 0.717) is 30.0 Å². The molecule has 488 valence electrons. The average Bonchev–Trinajstić information content (AvgIpc) is 3.90. The number of hydrogen-bond donors (Lipinski definition) is 15. The fourth-order valence-electron chi connectivity index (χ4n) is 8.24. The van der Waals surface area contributed by atoms with Crippen LogP contribution in [0.4, 0.5) is 5.69 Å². The van der Waals surface area contributed by atoms with Crippen LogP contribution in [0.1, 0.15) is 115 Å². The van der Waals surface area contributed by atoms with Crippen molar-refractivity contribution in [2.24, 2.45) is 34.8 Å². The molecule has 0 bridgehead atoms. The monoisotopic (exact) mass is 1290 g/mol. The molecule has 0 radical (unpaired) electrons. The van der Waals surface area contributed by atoms with Crippen molar-refractivity contribution in [1.29, 1.82) is 0 Å². The zero-order chi connectivity index (χ0) is 66.4. The molecule has 88 heavy (non-hydrogen) atoms. The van der Waals surface area contributed by atoms with Crippen molar-refractivity contribution >= 4 is 114 Å². The van der Waals surface area contributed by atoms with E-state index in [1.54, 1.807) is 27.0 Å². The van der Waals surface area contributed by atoms with Crippen LogP contribution in [-0.4, -0.2) is 177 Å². The van der Waals surface area contributed by atoms with E-state index >= 15 is 0 Å². The van der Waals surface area contributed by atoms with E-state index in [1.165, 1.54) is 72.5 Å². The van der Waals surface area contributed by atoms with E-state index in [1.807, 2.05) is 13.8 Å². The molecule has 1 aromatic heterocycles. The molecule has 1 aromatic carbocycles. The molecule has 4 rings (SSSR count). The first-order valence-electron chi connectivity index (χ1n) is 28.5. The number of carbonyl (C=O) groups excluding carboxylic acids is 12. The quantitative estimate of drug-likeness (QED) is 0.0167. The number of phenols is 1. The number of nitrogens with two attached hydrogens (primary N) is 4. The largest absolute Gasteiger partial charge is 0.508 e. The molecule has 9 atom stereocenters. The number of thiol groups is 2. The van der Waals surface area contributed by atoms with E-state index in [0.717, 1.165) is 0 Å². The summed E-state index contributed by atoms with van der Waals surface area (Å²) in [4.78, 5) is 171. The number of likely N-dealkylation sites (tertiary alicyclic amines) is 1. The first kappa shape index (κ1) is 76.3. The topological polar surface area (TPSA) is 485 Å². The van der Waals surface area contributed by atoms with Gasteiger partial charge in [-0.15, -0.1) is 11.8 Å². The summed E-state index contributed by atoms with van der Waals surface area (Å²) in [7, 11) is 0. The number of benzene rings is 1. The van der Waals surface area contributed by atoms with Gasteiger partial charge in [0.25, 0.3) is 5.91 Å². The van der Waals surface area contributed by atoms with Gasteiger partial charge in [0.2, 0.25) is 65.0 Å². The van der Waals surface area contributed by atoms with E-state index < -0.39 is 150 Å². The van der Waals surface area contributed by atoms with Gasteiger partial charge in [-0.25, -0.2) is 4.98 Å². The number of nitro groups is 1. The number of carbonyl (C=O) groups is 12. The molecule has 0 spiro atoms. The normalized spacial score (nSPS) is 15.8. The van der Waals surface area contributed by atoms with Gasteiger partial charge >= 0.3 is 5.69 Å². The van der Waals surface area contributed by atoms with Crippen LogP contribution in [0.2, 0.25) is 0 Å². The zero-order valence-electron chi connectivity index (χ0n) is 50.2. The maximum atomic E-state index is 14.0. The molecule has 2 fully saturated rings. The van der Waals surface area contributed by atoms with Crippen molar-refractivity contribution in [1.82, 2.24) is 52.4 Å². The molecule has 2 aliphatic rings. The molecule has 17 N–H and O–H groups in total. The third-order valence-corrected chi connectivity index (χ3v) is 14.7. The van der Waals surface area contributed by atoms with Gasteiger partial charge in [-0.05, 0) is 68.4 Å². The summed E-state index contributed by atoms with van der Waals surface area (Å²) in [6.07, 6.45) is 6.86. The molecular weight excluding hydrogens is 1210 g/mol. The number of phenolic OH excluding ortho intramolecular Hbond substituents is 1. The van der Waals surface area contributed by atoms with Gasteiger partial charge in [0.05, 0.1) is 29.5 Å². The van der Waals surface area contributed by atoms with Crippen LogP contribution in [0.15, 0.2) is 41.6 Å². The Hall–Kier alpha value is -7.78. The van der Waals surface area contributed by atoms with Gasteiger partial charge < -0.3 is 75.5 Å². The standard InChI is InChI=1S/C43H68N12O12S2.C9H11N3O3S.C3H6/c1-5-22(4)35(54-40(64)28(50-36(60)25(44)19-68)16-23-8-10-24(56)11-9-23)42(66)49-26(12-13-32(45)57)38(62)51-29(17-33(46)58)39(63)53-30(20-69)43(67)55-14-6-7-31(55)41(65)52-27(15-21(2)3)37(61)48-18-34(47)59;1-3-10-8(13)6-4-7(12(14)15)9(16-2)11-5-6;1-2-3-1/h8-11,21-22,25-31,35,56,68-69H,5-7,12-20,44H2,1-4H3,(H2,45,57)(H2,46,58)(H2,47,59)(H,48,61)(H,49,66)(H,50,60)(H,51,62)(H,52,65)(H,53,63)(H,54,64);4-5H,3H2,1-2H3,(H,10,13);1-3H2/t22-,25-,26?,27-,28?,29-,30?,31-,35-;;/m0../s1. The molecule has 2 heterocycles.